The molecule has 4 rings (SSSR count). The fraction of sp³-hybridized carbons (Fsp3) is 0.208. The molecule has 3 aromatic carbocycles. The minimum atomic E-state index is -0.404. The summed E-state index contributed by atoms with van der Waals surface area (Å²) in [5.41, 5.74) is 3.42. The summed E-state index contributed by atoms with van der Waals surface area (Å²) >= 11 is 6.25. The molecule has 0 radical (unpaired) electrons. The highest BCUT2D eigenvalue weighted by Crippen LogP contribution is 2.43. The molecule has 1 heterocycles. The van der Waals surface area contributed by atoms with E-state index in [2.05, 4.69) is 6.92 Å². The van der Waals surface area contributed by atoms with Gasteiger partial charge in [0, 0.05) is 16.5 Å². The summed E-state index contributed by atoms with van der Waals surface area (Å²) in [4.78, 5) is 0. The number of methoxy groups -OCH3 is 2. The first kappa shape index (κ1) is 20.2. The Hall–Kier alpha value is -3.05. The molecule has 30 heavy (non-hydrogen) atoms. The Balaban J connectivity index is 1.85. The first-order valence-corrected chi connectivity index (χ1v) is 10.0. The molecule has 2 unspecified atom stereocenters. The maximum absolute atomic E-state index is 14.5. The average Bonchev–Trinajstić information content (AvgIpc) is 3.10. The van der Waals surface area contributed by atoms with E-state index in [4.69, 9.17) is 26.2 Å². The molecule has 0 saturated carbocycles. The van der Waals surface area contributed by atoms with Crippen LogP contribution in [0.5, 0.6) is 11.5 Å². The highest BCUT2D eigenvalue weighted by atomic mass is 35.5. The van der Waals surface area contributed by atoms with Gasteiger partial charge >= 0.3 is 0 Å². The summed E-state index contributed by atoms with van der Waals surface area (Å²) < 4.78 is 25.2. The van der Waals surface area contributed by atoms with Gasteiger partial charge in [-0.05, 0) is 48.0 Å². The van der Waals surface area contributed by atoms with E-state index >= 15 is 0 Å². The zero-order chi connectivity index (χ0) is 21.3. The Morgan fingerprint density at radius 1 is 0.933 bits per heavy atom. The van der Waals surface area contributed by atoms with Crippen molar-refractivity contribution in [2.75, 3.05) is 19.2 Å². The number of benzene rings is 3. The lowest BCUT2D eigenvalue weighted by atomic mass is 9.88. The van der Waals surface area contributed by atoms with Crippen LogP contribution in [0.25, 0.3) is 0 Å². The van der Waals surface area contributed by atoms with E-state index in [1.54, 1.807) is 13.2 Å². The minimum absolute atomic E-state index is 0.0342. The lowest BCUT2D eigenvalue weighted by Gasteiger charge is -2.27. The number of para-hydroxylation sites is 1. The third kappa shape index (κ3) is 3.61. The predicted octanol–water partition coefficient (Wildman–Crippen LogP) is 6.10. The molecular weight excluding hydrogens is 403 g/mol. The number of anilines is 1. The van der Waals surface area contributed by atoms with E-state index in [-0.39, 0.29) is 17.7 Å². The first-order valence-electron chi connectivity index (χ1n) is 9.63. The van der Waals surface area contributed by atoms with Crippen LogP contribution in [0, 0.1) is 11.7 Å². The first-order chi connectivity index (χ1) is 14.5. The van der Waals surface area contributed by atoms with Gasteiger partial charge in [0.05, 0.1) is 31.7 Å². The Morgan fingerprint density at radius 2 is 1.70 bits per heavy atom. The molecule has 0 N–H and O–H groups in total. The van der Waals surface area contributed by atoms with Crippen molar-refractivity contribution in [3.8, 4) is 11.5 Å². The smallest absolute Gasteiger partial charge is 0.165 e. The van der Waals surface area contributed by atoms with Crippen molar-refractivity contribution in [2.45, 2.75) is 13.0 Å². The molecule has 1 aliphatic heterocycles. The van der Waals surface area contributed by atoms with Crippen molar-refractivity contribution < 1.29 is 13.9 Å². The second-order valence-corrected chi connectivity index (χ2v) is 7.57. The number of hydrogen-bond acceptors (Lipinski definition) is 4. The van der Waals surface area contributed by atoms with Gasteiger partial charge in [0.15, 0.2) is 11.6 Å². The summed E-state index contributed by atoms with van der Waals surface area (Å²) in [6, 6.07) is 20.1. The third-order valence-electron chi connectivity index (χ3n) is 5.36. The van der Waals surface area contributed by atoms with Gasteiger partial charge in [-0.1, -0.05) is 42.8 Å². The fourth-order valence-corrected chi connectivity index (χ4v) is 4.10. The summed E-state index contributed by atoms with van der Waals surface area (Å²) in [7, 11) is 3.10. The molecule has 0 spiro atoms. The summed E-state index contributed by atoms with van der Waals surface area (Å²) in [6.07, 6.45) is 0. The Bertz CT molecular complexity index is 1100. The molecule has 1 aliphatic rings. The van der Waals surface area contributed by atoms with E-state index in [0.29, 0.717) is 5.02 Å². The maximum atomic E-state index is 14.5. The molecule has 0 bridgehead atoms. The van der Waals surface area contributed by atoms with Gasteiger partial charge in [-0.15, -0.1) is 0 Å². The molecule has 4 nitrogen and oxygen atoms in total. The molecule has 0 fully saturated rings. The van der Waals surface area contributed by atoms with E-state index in [9.17, 15) is 4.39 Å². The largest absolute Gasteiger partial charge is 0.496 e. The summed E-state index contributed by atoms with van der Waals surface area (Å²) in [6.45, 7) is 2.09. The number of ether oxygens (including phenoxy) is 2. The SMILES string of the molecule is COc1ccc(C2C(C)C(c3ccccc3OC)=NN2c2cccc(Cl)c2)cc1F. The molecule has 0 aromatic heterocycles. The molecule has 0 saturated heterocycles. The molecule has 6 heteroatoms. The van der Waals surface area contributed by atoms with Crippen molar-refractivity contribution in [3.63, 3.8) is 0 Å². The van der Waals surface area contributed by atoms with Gasteiger partial charge in [-0.2, -0.15) is 5.10 Å². The van der Waals surface area contributed by atoms with Gasteiger partial charge in [-0.25, -0.2) is 4.39 Å². The molecule has 2 atom stereocenters. The predicted molar refractivity (Wildman–Crippen MR) is 118 cm³/mol. The van der Waals surface area contributed by atoms with Crippen molar-refractivity contribution in [2.24, 2.45) is 11.0 Å². The molecular formula is C24H22ClFN2O2. The standard InChI is InChI=1S/C24H22ClFN2O2/c1-15-23(19-9-4-5-10-21(19)29-2)27-28(18-8-6-7-17(25)14-18)24(15)16-11-12-22(30-3)20(26)13-16/h4-15,24H,1-3H3. The van der Waals surface area contributed by atoms with E-state index in [0.717, 1.165) is 28.3 Å². The Labute approximate surface area is 180 Å². The van der Waals surface area contributed by atoms with Crippen LogP contribution in [0.4, 0.5) is 10.1 Å². The highest BCUT2D eigenvalue weighted by Gasteiger charge is 2.38. The van der Waals surface area contributed by atoms with Crippen LogP contribution in [0.3, 0.4) is 0 Å². The van der Waals surface area contributed by atoms with E-state index in [1.807, 2.05) is 59.6 Å². The Kier molecular flexibility index (Phi) is 5.64. The molecule has 3 aromatic rings. The lowest BCUT2D eigenvalue weighted by molar-refractivity contribution is 0.385. The summed E-state index contributed by atoms with van der Waals surface area (Å²) in [5, 5.41) is 7.46. The molecule has 154 valence electrons. The van der Waals surface area contributed by atoms with Gasteiger partial charge in [0.1, 0.15) is 5.75 Å². The van der Waals surface area contributed by atoms with Crippen LogP contribution < -0.4 is 14.5 Å². The molecule has 0 amide bonds. The quantitative estimate of drug-likeness (QED) is 0.496. The van der Waals surface area contributed by atoms with Crippen molar-refractivity contribution in [1.29, 1.82) is 0 Å². The normalized spacial score (nSPS) is 18.3. The average molecular weight is 425 g/mol. The number of halogens is 2. The van der Waals surface area contributed by atoms with E-state index in [1.165, 1.54) is 13.2 Å². The summed E-state index contributed by atoms with van der Waals surface area (Å²) in [5.74, 6) is 0.521. The van der Waals surface area contributed by atoms with Crippen LogP contribution in [-0.2, 0) is 0 Å². The van der Waals surface area contributed by atoms with Crippen LogP contribution in [-0.4, -0.2) is 19.9 Å². The van der Waals surface area contributed by atoms with Gasteiger partial charge < -0.3 is 9.47 Å². The number of hydrogen-bond donors (Lipinski definition) is 0. The zero-order valence-corrected chi connectivity index (χ0v) is 17.7. The minimum Gasteiger partial charge on any atom is -0.496 e. The lowest BCUT2D eigenvalue weighted by Crippen LogP contribution is -2.24. The highest BCUT2D eigenvalue weighted by molar-refractivity contribution is 6.30. The van der Waals surface area contributed by atoms with Crippen molar-refractivity contribution in [3.05, 3.63) is 88.7 Å². The van der Waals surface area contributed by atoms with Crippen LogP contribution >= 0.6 is 11.6 Å². The number of nitrogens with zero attached hydrogens (tertiary/aromatic N) is 2. The van der Waals surface area contributed by atoms with Crippen LogP contribution in [0.1, 0.15) is 24.1 Å². The second kappa shape index (κ2) is 8.36. The maximum Gasteiger partial charge on any atom is 0.165 e. The Morgan fingerprint density at radius 3 is 2.40 bits per heavy atom. The topological polar surface area (TPSA) is 34.1 Å². The number of hydrazone groups is 1. The van der Waals surface area contributed by atoms with Crippen molar-refractivity contribution in [1.82, 2.24) is 0 Å². The van der Waals surface area contributed by atoms with E-state index < -0.39 is 5.82 Å². The zero-order valence-electron chi connectivity index (χ0n) is 17.0. The van der Waals surface area contributed by atoms with Crippen molar-refractivity contribution >= 4 is 23.0 Å². The third-order valence-corrected chi connectivity index (χ3v) is 5.59. The monoisotopic (exact) mass is 424 g/mol. The van der Waals surface area contributed by atoms with Crippen LogP contribution in [0.15, 0.2) is 71.8 Å². The second-order valence-electron chi connectivity index (χ2n) is 7.14. The fourth-order valence-electron chi connectivity index (χ4n) is 3.92. The van der Waals surface area contributed by atoms with Crippen LogP contribution in [0.2, 0.25) is 5.02 Å². The van der Waals surface area contributed by atoms with Gasteiger partial charge in [-0.3, -0.25) is 5.01 Å². The van der Waals surface area contributed by atoms with Gasteiger partial charge in [0.2, 0.25) is 0 Å². The number of rotatable bonds is 5. The molecule has 0 aliphatic carbocycles. The van der Waals surface area contributed by atoms with Gasteiger partial charge in [0.25, 0.3) is 0 Å².